The Labute approximate surface area is 120 Å². The normalized spacial score (nSPS) is 22.6. The minimum absolute atomic E-state index is 0.0823. The van der Waals surface area contributed by atoms with Gasteiger partial charge in [-0.3, -0.25) is 14.4 Å². The number of nitrogens with zero attached hydrogens (tertiary/aromatic N) is 1. The summed E-state index contributed by atoms with van der Waals surface area (Å²) in [5.41, 5.74) is 0.203. The van der Waals surface area contributed by atoms with Gasteiger partial charge in [-0.05, 0) is 10.8 Å². The van der Waals surface area contributed by atoms with Crippen LogP contribution in [0.4, 0.5) is 0 Å². The summed E-state index contributed by atoms with van der Waals surface area (Å²) in [7, 11) is 2.18. The topological polar surface area (TPSA) is 63.6 Å². The first-order chi connectivity index (χ1) is 9.11. The molecule has 0 spiro atoms. The second-order valence-corrected chi connectivity index (χ2v) is 5.99. The molecule has 2 aliphatic rings. The average Bonchev–Trinajstić information content (AvgIpc) is 2.83. The summed E-state index contributed by atoms with van der Waals surface area (Å²) in [5.74, 6) is -1.97. The Morgan fingerprint density at radius 3 is 2.16 bits per heavy atom. The maximum atomic E-state index is 12.3. The van der Waals surface area contributed by atoms with Crippen LogP contribution in [0.3, 0.4) is 0 Å². The van der Waals surface area contributed by atoms with Crippen LogP contribution in [0.15, 0.2) is 39.1 Å². The molecule has 4 nitrogen and oxygen atoms in total. The number of benzene rings is 1. The van der Waals surface area contributed by atoms with Crippen molar-refractivity contribution in [1.82, 2.24) is 0 Å². The highest BCUT2D eigenvalue weighted by atomic mass is 35.5. The monoisotopic (exact) mass is 309 g/mol. The number of rotatable bonds is 0. The number of hydrogen-bond acceptors (Lipinski definition) is 6. The molecule has 0 N–H and O–H groups in total. The van der Waals surface area contributed by atoms with Gasteiger partial charge in [0.2, 0.25) is 11.6 Å². The molecule has 1 aromatic carbocycles. The number of hydrogen-bond donors (Lipinski definition) is 0. The van der Waals surface area contributed by atoms with E-state index in [4.69, 9.17) is 11.6 Å². The van der Waals surface area contributed by atoms with Crippen molar-refractivity contribution in [3.05, 3.63) is 45.9 Å². The highest BCUT2D eigenvalue weighted by molar-refractivity contribution is 8.78. The lowest BCUT2D eigenvalue weighted by molar-refractivity contribution is -0.111. The molecule has 3 rings (SSSR count). The van der Waals surface area contributed by atoms with Gasteiger partial charge >= 0.3 is 0 Å². The van der Waals surface area contributed by atoms with E-state index in [9.17, 15) is 14.4 Å². The Hall–Kier alpha value is -1.37. The van der Waals surface area contributed by atoms with Crippen molar-refractivity contribution in [2.24, 2.45) is 4.40 Å². The summed E-state index contributed by atoms with van der Waals surface area (Å²) in [4.78, 5) is 36.7. The zero-order valence-electron chi connectivity index (χ0n) is 9.18. The molecular formula is C12H4ClNO3S2. The number of carbonyl (C=O) groups is 3. The summed E-state index contributed by atoms with van der Waals surface area (Å²) in [6, 6.07) is 6.26. The van der Waals surface area contributed by atoms with Crippen LogP contribution in [-0.4, -0.2) is 22.5 Å². The number of allylic oxidation sites excluding steroid dienone is 2. The minimum atomic E-state index is -0.818. The second kappa shape index (κ2) is 4.63. The van der Waals surface area contributed by atoms with E-state index < -0.39 is 17.3 Å². The van der Waals surface area contributed by atoms with E-state index in [1.807, 2.05) is 0 Å². The molecule has 7 heteroatoms. The first-order valence-corrected chi connectivity index (χ1v) is 7.64. The zero-order chi connectivity index (χ0) is 13.6. The minimum Gasteiger partial charge on any atom is -0.288 e. The lowest BCUT2D eigenvalue weighted by atomic mass is 9.85. The number of carbonyl (C=O) groups excluding carboxylic acids is 3. The predicted octanol–water partition coefficient (Wildman–Crippen LogP) is 2.84. The maximum absolute atomic E-state index is 12.3. The van der Waals surface area contributed by atoms with Crippen LogP contribution in [0, 0.1) is 0 Å². The number of ketones is 3. The molecular weight excluding hydrogens is 306 g/mol. The van der Waals surface area contributed by atoms with Crippen LogP contribution < -0.4 is 0 Å². The maximum Gasteiger partial charge on any atom is 0.238 e. The van der Waals surface area contributed by atoms with Gasteiger partial charge in [0, 0.05) is 11.1 Å². The molecule has 0 radical (unpaired) electrons. The van der Waals surface area contributed by atoms with Crippen molar-refractivity contribution in [2.45, 2.75) is 0 Å². The Balaban J connectivity index is 2.26. The largest absolute Gasteiger partial charge is 0.288 e. The Bertz CT molecular complexity index is 709. The van der Waals surface area contributed by atoms with Crippen molar-refractivity contribution < 1.29 is 14.4 Å². The van der Waals surface area contributed by atoms with Crippen LogP contribution >= 0.6 is 33.4 Å². The lowest BCUT2D eigenvalue weighted by Gasteiger charge is -2.16. The third-order valence-electron chi connectivity index (χ3n) is 2.73. The SMILES string of the molecule is O=C1C(=O)c2ccccc2C(=O)/C1=C1\SSN=C1Cl. The Morgan fingerprint density at radius 2 is 1.58 bits per heavy atom. The fraction of sp³-hybridized carbons (Fsp3) is 0. The fourth-order valence-electron chi connectivity index (χ4n) is 1.87. The van der Waals surface area contributed by atoms with E-state index in [2.05, 4.69) is 4.40 Å². The molecule has 0 aromatic heterocycles. The fourth-order valence-corrected chi connectivity index (χ4v) is 4.20. The van der Waals surface area contributed by atoms with Crippen LogP contribution in [0.5, 0.6) is 0 Å². The number of halogens is 1. The summed E-state index contributed by atoms with van der Waals surface area (Å²) in [6.07, 6.45) is 0. The second-order valence-electron chi connectivity index (χ2n) is 3.78. The van der Waals surface area contributed by atoms with Crippen molar-refractivity contribution in [1.29, 1.82) is 0 Å². The summed E-state index contributed by atoms with van der Waals surface area (Å²) in [5, 5.41) is 0.0823. The van der Waals surface area contributed by atoms with E-state index in [0.717, 1.165) is 21.8 Å². The molecule has 1 aromatic rings. The van der Waals surface area contributed by atoms with Gasteiger partial charge in [0.15, 0.2) is 11.0 Å². The van der Waals surface area contributed by atoms with Crippen LogP contribution in [0.2, 0.25) is 0 Å². The first-order valence-electron chi connectivity index (χ1n) is 5.16. The Kier molecular flexibility index (Phi) is 3.08. The molecule has 0 saturated heterocycles. The molecule has 94 valence electrons. The van der Waals surface area contributed by atoms with Crippen molar-refractivity contribution in [3.8, 4) is 0 Å². The number of fused-ring (bicyclic) bond motifs is 1. The van der Waals surface area contributed by atoms with E-state index in [1.54, 1.807) is 12.1 Å². The van der Waals surface area contributed by atoms with Crippen molar-refractivity contribution in [2.75, 3.05) is 0 Å². The van der Waals surface area contributed by atoms with Gasteiger partial charge in [0.1, 0.15) is 0 Å². The third kappa shape index (κ3) is 1.87. The molecule has 1 aliphatic heterocycles. The molecule has 0 atom stereocenters. The molecule has 0 fully saturated rings. The molecule has 0 bridgehead atoms. The van der Waals surface area contributed by atoms with Gasteiger partial charge in [0.25, 0.3) is 0 Å². The van der Waals surface area contributed by atoms with Gasteiger partial charge < -0.3 is 0 Å². The van der Waals surface area contributed by atoms with Gasteiger partial charge in [-0.2, -0.15) is 4.40 Å². The summed E-state index contributed by atoms with van der Waals surface area (Å²) >= 11 is 5.85. The van der Waals surface area contributed by atoms with Crippen molar-refractivity contribution >= 4 is 55.9 Å². The van der Waals surface area contributed by atoms with Crippen LogP contribution in [-0.2, 0) is 4.79 Å². The Morgan fingerprint density at radius 1 is 0.947 bits per heavy atom. The van der Waals surface area contributed by atoms with E-state index in [0.29, 0.717) is 0 Å². The van der Waals surface area contributed by atoms with Gasteiger partial charge in [0.05, 0.1) is 21.5 Å². The molecule has 1 heterocycles. The lowest BCUT2D eigenvalue weighted by Crippen LogP contribution is -2.31. The summed E-state index contributed by atoms with van der Waals surface area (Å²) in [6.45, 7) is 0. The predicted molar refractivity (Wildman–Crippen MR) is 75.6 cm³/mol. The van der Waals surface area contributed by atoms with Gasteiger partial charge in [-0.15, -0.1) is 0 Å². The molecule has 0 saturated carbocycles. The number of Topliss-reactive ketones (excluding diaryl/α,β-unsaturated/α-hetero) is 3. The van der Waals surface area contributed by atoms with Crippen LogP contribution in [0.25, 0.3) is 0 Å². The smallest absolute Gasteiger partial charge is 0.238 e. The van der Waals surface area contributed by atoms with E-state index >= 15 is 0 Å². The molecule has 0 amide bonds. The highest BCUT2D eigenvalue weighted by Gasteiger charge is 2.39. The van der Waals surface area contributed by atoms with E-state index in [1.165, 1.54) is 12.1 Å². The van der Waals surface area contributed by atoms with Crippen LogP contribution in [0.1, 0.15) is 20.7 Å². The molecule has 1 aliphatic carbocycles. The zero-order valence-corrected chi connectivity index (χ0v) is 11.6. The molecule has 19 heavy (non-hydrogen) atoms. The van der Waals surface area contributed by atoms with Gasteiger partial charge in [-0.25, -0.2) is 0 Å². The standard InChI is InChI=1S/C12H4ClNO3S2/c13-12-11(18-19-14-12)7-8(15)5-3-1-2-4-6(5)9(16)10(7)17/h1-4H/b11-7+. The molecule has 0 unspecified atom stereocenters. The third-order valence-corrected chi connectivity index (χ3v) is 5.06. The van der Waals surface area contributed by atoms with Gasteiger partial charge in [-0.1, -0.05) is 35.9 Å². The summed E-state index contributed by atoms with van der Waals surface area (Å²) < 4.78 is 3.83. The first kappa shape index (κ1) is 12.7. The van der Waals surface area contributed by atoms with E-state index in [-0.39, 0.29) is 26.8 Å². The quantitative estimate of drug-likeness (QED) is 0.242. The average molecular weight is 310 g/mol. The highest BCUT2D eigenvalue weighted by Crippen LogP contribution is 2.43. The van der Waals surface area contributed by atoms with Crippen molar-refractivity contribution in [3.63, 3.8) is 0 Å².